The Hall–Kier alpha value is -1.54. The molecule has 7 heteroatoms. The third-order valence-electron chi connectivity index (χ3n) is 3.08. The van der Waals surface area contributed by atoms with E-state index in [9.17, 15) is 15.3 Å². The van der Waals surface area contributed by atoms with Crippen molar-refractivity contribution in [1.29, 1.82) is 0 Å². The van der Waals surface area contributed by atoms with Crippen LogP contribution in [0.1, 0.15) is 16.7 Å². The highest BCUT2D eigenvalue weighted by Gasteiger charge is 2.20. The van der Waals surface area contributed by atoms with Gasteiger partial charge >= 0.3 is 0 Å². The van der Waals surface area contributed by atoms with Crippen molar-refractivity contribution in [2.24, 2.45) is 5.73 Å². The molecule has 0 radical (unpaired) electrons. The summed E-state index contributed by atoms with van der Waals surface area (Å²) >= 11 is 0. The van der Waals surface area contributed by atoms with E-state index in [0.29, 0.717) is 16.7 Å². The van der Waals surface area contributed by atoms with E-state index in [1.807, 2.05) is 0 Å². The van der Waals surface area contributed by atoms with Crippen LogP contribution >= 0.6 is 0 Å². The number of rotatable bonds is 3. The number of hydrogen-bond acceptors (Lipinski definition) is 7. The average Bonchev–Trinajstić information content (AvgIpc) is 2.48. The molecular weight excluding hydrogens is 266 g/mol. The lowest BCUT2D eigenvalue weighted by atomic mass is 10.0. The van der Waals surface area contributed by atoms with Gasteiger partial charge in [0, 0.05) is 16.7 Å². The lowest BCUT2D eigenvalue weighted by Crippen LogP contribution is -2.50. The molecule has 0 aromatic heterocycles. The van der Waals surface area contributed by atoms with Crippen LogP contribution in [0.5, 0.6) is 17.2 Å². The zero-order chi connectivity index (χ0) is 16.1. The number of aliphatic hydroxyl groups excluding tert-OH is 3. The fraction of sp³-hybridized carbons (Fsp3) is 0.538. The lowest BCUT2D eigenvalue weighted by molar-refractivity contribution is 0.0697. The van der Waals surface area contributed by atoms with Crippen molar-refractivity contribution in [3.8, 4) is 17.2 Å². The van der Waals surface area contributed by atoms with Crippen LogP contribution in [-0.2, 0) is 0 Å². The van der Waals surface area contributed by atoms with Crippen LogP contribution in [0.4, 0.5) is 0 Å². The van der Waals surface area contributed by atoms with Gasteiger partial charge in [0.25, 0.3) is 0 Å². The van der Waals surface area contributed by atoms with Gasteiger partial charge in [0.2, 0.25) is 0 Å². The number of phenols is 3. The van der Waals surface area contributed by atoms with E-state index in [4.69, 9.17) is 21.1 Å². The van der Waals surface area contributed by atoms with Gasteiger partial charge in [-0.2, -0.15) is 0 Å². The molecule has 8 N–H and O–H groups in total. The van der Waals surface area contributed by atoms with E-state index < -0.39 is 25.4 Å². The van der Waals surface area contributed by atoms with Crippen LogP contribution in [0.3, 0.4) is 0 Å². The molecule has 0 aliphatic heterocycles. The van der Waals surface area contributed by atoms with E-state index >= 15 is 0 Å². The van der Waals surface area contributed by atoms with Crippen LogP contribution in [-0.4, -0.2) is 56.0 Å². The number of hydrogen-bond donors (Lipinski definition) is 7. The second-order valence-electron chi connectivity index (χ2n) is 4.76. The van der Waals surface area contributed by atoms with E-state index in [1.165, 1.54) is 0 Å². The maximum atomic E-state index is 9.37. The largest absolute Gasteiger partial charge is 0.507 e. The number of aromatic hydroxyl groups is 3. The molecule has 7 nitrogen and oxygen atoms in total. The number of nitrogens with two attached hydrogens (primary N) is 1. The summed E-state index contributed by atoms with van der Waals surface area (Å²) in [5.74, 6) is -0.137. The third kappa shape index (κ3) is 3.97. The molecule has 116 valence electrons. The Kier molecular flexibility index (Phi) is 6.74. The molecule has 20 heavy (non-hydrogen) atoms. The molecule has 1 rings (SSSR count). The molecule has 0 bridgehead atoms. The van der Waals surface area contributed by atoms with Crippen molar-refractivity contribution in [2.75, 3.05) is 19.8 Å². The first-order valence-corrected chi connectivity index (χ1v) is 5.97. The molecule has 0 amide bonds. The summed E-state index contributed by atoms with van der Waals surface area (Å²) in [7, 11) is 0. The minimum absolute atomic E-state index is 0.0457. The van der Waals surface area contributed by atoms with Gasteiger partial charge in [-0.1, -0.05) is 0 Å². The second-order valence-corrected chi connectivity index (χ2v) is 4.76. The molecule has 0 atom stereocenters. The molecule has 0 spiro atoms. The van der Waals surface area contributed by atoms with E-state index in [2.05, 4.69) is 0 Å². The minimum Gasteiger partial charge on any atom is -0.507 e. The summed E-state index contributed by atoms with van der Waals surface area (Å²) in [6.07, 6.45) is 0. The molecule has 1 aromatic carbocycles. The molecule has 1 aromatic rings. The zero-order valence-electron chi connectivity index (χ0n) is 11.9. The summed E-state index contributed by atoms with van der Waals surface area (Å²) < 4.78 is 0. The van der Waals surface area contributed by atoms with Crippen LogP contribution in [0.15, 0.2) is 0 Å². The van der Waals surface area contributed by atoms with Crippen molar-refractivity contribution >= 4 is 0 Å². The quantitative estimate of drug-likeness (QED) is 0.392. The van der Waals surface area contributed by atoms with Gasteiger partial charge in [0.05, 0.1) is 25.4 Å². The van der Waals surface area contributed by atoms with Gasteiger partial charge in [-0.25, -0.2) is 0 Å². The van der Waals surface area contributed by atoms with Crippen molar-refractivity contribution in [3.05, 3.63) is 16.7 Å². The highest BCUT2D eigenvalue weighted by Crippen LogP contribution is 2.39. The Morgan fingerprint density at radius 2 is 0.900 bits per heavy atom. The highest BCUT2D eigenvalue weighted by molar-refractivity contribution is 5.59. The van der Waals surface area contributed by atoms with Crippen LogP contribution in [0, 0.1) is 20.8 Å². The number of benzene rings is 1. The van der Waals surface area contributed by atoms with Gasteiger partial charge < -0.3 is 36.4 Å². The standard InChI is InChI=1S/C9H12O3.C4H11NO3/c1-4-7(10)5(2)9(12)6(3)8(4)11;5-4(1-6,2-7)3-8/h10-12H,1-3H3;6-8H,1-3,5H2. The van der Waals surface area contributed by atoms with Crippen LogP contribution < -0.4 is 5.73 Å². The van der Waals surface area contributed by atoms with Gasteiger partial charge in [-0.05, 0) is 20.8 Å². The minimum atomic E-state index is -1.21. The molecular formula is C13H23NO6. The first kappa shape index (κ1) is 18.5. The van der Waals surface area contributed by atoms with E-state index in [-0.39, 0.29) is 17.2 Å². The van der Waals surface area contributed by atoms with Gasteiger partial charge in [-0.3, -0.25) is 0 Å². The van der Waals surface area contributed by atoms with Gasteiger partial charge in [0.1, 0.15) is 17.2 Å². The summed E-state index contributed by atoms with van der Waals surface area (Å²) in [6.45, 7) is 3.60. The van der Waals surface area contributed by atoms with E-state index in [0.717, 1.165) is 0 Å². The van der Waals surface area contributed by atoms with Crippen LogP contribution in [0.2, 0.25) is 0 Å². The predicted molar refractivity (Wildman–Crippen MR) is 73.8 cm³/mol. The molecule has 0 fully saturated rings. The van der Waals surface area contributed by atoms with Crippen molar-refractivity contribution in [2.45, 2.75) is 26.3 Å². The molecule has 0 saturated carbocycles. The summed E-state index contributed by atoms with van der Waals surface area (Å²) in [5, 5.41) is 53.1. The summed E-state index contributed by atoms with van der Waals surface area (Å²) in [5.41, 5.74) is 5.15. The number of phenolic OH excluding ortho intramolecular Hbond substituents is 3. The second kappa shape index (κ2) is 7.30. The number of aliphatic hydroxyl groups is 3. The Balaban J connectivity index is 0.000000396. The third-order valence-corrected chi connectivity index (χ3v) is 3.08. The maximum Gasteiger partial charge on any atom is 0.128 e. The summed E-state index contributed by atoms with van der Waals surface area (Å²) in [6, 6.07) is 0. The van der Waals surface area contributed by atoms with Crippen LogP contribution in [0.25, 0.3) is 0 Å². The maximum absolute atomic E-state index is 9.37. The van der Waals surface area contributed by atoms with Crippen molar-refractivity contribution in [3.63, 3.8) is 0 Å². The molecule has 0 saturated heterocycles. The monoisotopic (exact) mass is 289 g/mol. The molecule has 0 aliphatic rings. The SMILES string of the molecule is Cc1c(O)c(C)c(O)c(C)c1O.NC(CO)(CO)CO. The van der Waals surface area contributed by atoms with Gasteiger partial charge in [0.15, 0.2) is 0 Å². The Morgan fingerprint density at radius 3 is 1.00 bits per heavy atom. The fourth-order valence-electron chi connectivity index (χ4n) is 1.33. The topological polar surface area (TPSA) is 147 Å². The Labute approximate surface area is 117 Å². The smallest absolute Gasteiger partial charge is 0.128 e. The average molecular weight is 289 g/mol. The molecule has 0 unspecified atom stereocenters. The van der Waals surface area contributed by atoms with Crippen molar-refractivity contribution < 1.29 is 30.6 Å². The highest BCUT2D eigenvalue weighted by atomic mass is 16.3. The lowest BCUT2D eigenvalue weighted by Gasteiger charge is -2.20. The predicted octanol–water partition coefficient (Wildman–Crippen LogP) is -0.611. The molecule has 0 aliphatic carbocycles. The first-order valence-electron chi connectivity index (χ1n) is 5.97. The Morgan fingerprint density at radius 1 is 0.700 bits per heavy atom. The van der Waals surface area contributed by atoms with Crippen molar-refractivity contribution in [1.82, 2.24) is 0 Å². The fourth-order valence-corrected chi connectivity index (χ4v) is 1.33. The summed E-state index contributed by atoms with van der Waals surface area (Å²) in [4.78, 5) is 0. The van der Waals surface area contributed by atoms with Gasteiger partial charge in [-0.15, -0.1) is 0 Å². The zero-order valence-corrected chi connectivity index (χ0v) is 11.9. The van der Waals surface area contributed by atoms with E-state index in [1.54, 1.807) is 20.8 Å². The normalized spacial score (nSPS) is 10.9. The molecule has 0 heterocycles. The first-order chi connectivity index (χ1) is 9.15. The Bertz CT molecular complexity index is 343.